The second-order valence-electron chi connectivity index (χ2n) is 3.26. The van der Waals surface area contributed by atoms with Crippen molar-refractivity contribution in [3.8, 4) is 0 Å². The molecule has 0 aliphatic rings. The maximum Gasteiger partial charge on any atom is 0.288 e. The lowest BCUT2D eigenvalue weighted by Crippen LogP contribution is -2.27. The average Bonchev–Trinajstić information content (AvgIpc) is 2.28. The summed E-state index contributed by atoms with van der Waals surface area (Å²) in [4.78, 5) is 26.7. The third kappa shape index (κ3) is 3.01. The molecule has 0 unspecified atom stereocenters. The number of nitro groups is 1. The minimum atomic E-state index is -0.631. The van der Waals surface area contributed by atoms with Crippen molar-refractivity contribution in [1.82, 2.24) is 9.88 Å². The summed E-state index contributed by atoms with van der Waals surface area (Å²) in [6.45, 7) is 3.81. The summed E-state index contributed by atoms with van der Waals surface area (Å²) in [5.41, 5.74) is -0.269. The summed E-state index contributed by atoms with van der Waals surface area (Å²) >= 11 is 5.73. The first-order valence-corrected chi connectivity index (χ1v) is 5.01. The van der Waals surface area contributed by atoms with Crippen molar-refractivity contribution >= 4 is 23.2 Å². The first-order valence-electron chi connectivity index (χ1n) is 4.63. The van der Waals surface area contributed by atoms with Crippen molar-refractivity contribution in [2.75, 3.05) is 13.6 Å². The van der Waals surface area contributed by atoms with Crippen molar-refractivity contribution in [3.05, 3.63) is 45.7 Å². The van der Waals surface area contributed by atoms with Gasteiger partial charge in [-0.15, -0.1) is 6.58 Å². The molecule has 0 N–H and O–H groups in total. The highest BCUT2D eigenvalue weighted by Crippen LogP contribution is 2.20. The van der Waals surface area contributed by atoms with E-state index in [0.717, 1.165) is 12.3 Å². The topological polar surface area (TPSA) is 76.3 Å². The van der Waals surface area contributed by atoms with Gasteiger partial charge in [-0.3, -0.25) is 14.9 Å². The van der Waals surface area contributed by atoms with Crippen LogP contribution in [0.1, 0.15) is 10.4 Å². The molecule has 17 heavy (non-hydrogen) atoms. The van der Waals surface area contributed by atoms with Gasteiger partial charge in [0.25, 0.3) is 11.6 Å². The van der Waals surface area contributed by atoms with Crippen molar-refractivity contribution in [1.29, 1.82) is 0 Å². The number of carbonyl (C=O) groups is 1. The lowest BCUT2D eigenvalue weighted by molar-refractivity contribution is -0.385. The largest absolute Gasteiger partial charge is 0.338 e. The molecule has 0 radical (unpaired) electrons. The van der Waals surface area contributed by atoms with Crippen LogP contribution in [0.2, 0.25) is 5.15 Å². The van der Waals surface area contributed by atoms with Crippen molar-refractivity contribution in [2.45, 2.75) is 0 Å². The fraction of sp³-hybridized carbons (Fsp3) is 0.200. The molecule has 1 amide bonds. The predicted molar refractivity (Wildman–Crippen MR) is 63.1 cm³/mol. The molecule has 0 fully saturated rings. The summed E-state index contributed by atoms with van der Waals surface area (Å²) in [6, 6.07) is 1.11. The molecule has 0 saturated carbocycles. The van der Waals surface area contributed by atoms with Gasteiger partial charge in [0, 0.05) is 19.7 Å². The standard InChI is InChI=1S/C10H10ClN3O3/c1-3-4-13(2)10(15)8-5-7(14(16)17)6-12-9(8)11/h3,5-6H,1,4H2,2H3. The molecule has 1 aromatic heterocycles. The van der Waals surface area contributed by atoms with Crippen LogP contribution in [0.15, 0.2) is 24.9 Å². The van der Waals surface area contributed by atoms with E-state index < -0.39 is 10.8 Å². The van der Waals surface area contributed by atoms with Gasteiger partial charge >= 0.3 is 0 Å². The Bertz CT molecular complexity index is 476. The second-order valence-corrected chi connectivity index (χ2v) is 3.62. The minimum absolute atomic E-state index is 0.00483. The average molecular weight is 256 g/mol. The van der Waals surface area contributed by atoms with Gasteiger partial charge in [0.05, 0.1) is 10.5 Å². The van der Waals surface area contributed by atoms with Crippen LogP contribution < -0.4 is 0 Å². The number of halogens is 1. The SMILES string of the molecule is C=CCN(C)C(=O)c1cc([N+](=O)[O-])cnc1Cl. The molecule has 0 bridgehead atoms. The maximum atomic E-state index is 11.9. The predicted octanol–water partition coefficient (Wildman–Crippen LogP) is 1.90. The van der Waals surface area contributed by atoms with Crippen molar-refractivity contribution in [3.63, 3.8) is 0 Å². The zero-order chi connectivity index (χ0) is 13.0. The van der Waals surface area contributed by atoms with Crippen LogP contribution in [0.25, 0.3) is 0 Å². The molecule has 90 valence electrons. The van der Waals surface area contributed by atoms with Crippen LogP contribution in [-0.2, 0) is 0 Å². The Morgan fingerprint density at radius 2 is 2.41 bits per heavy atom. The second kappa shape index (κ2) is 5.40. The molecule has 0 aliphatic carbocycles. The van der Waals surface area contributed by atoms with Crippen LogP contribution in [0.4, 0.5) is 5.69 Å². The Morgan fingerprint density at radius 1 is 1.76 bits per heavy atom. The number of likely N-dealkylation sites (N-methyl/N-ethyl adjacent to an activating group) is 1. The van der Waals surface area contributed by atoms with Crippen LogP contribution >= 0.6 is 11.6 Å². The fourth-order valence-electron chi connectivity index (χ4n) is 1.17. The highest BCUT2D eigenvalue weighted by Gasteiger charge is 2.19. The summed E-state index contributed by atoms with van der Waals surface area (Å²) < 4.78 is 0. The Kier molecular flexibility index (Phi) is 4.17. The van der Waals surface area contributed by atoms with E-state index in [1.807, 2.05) is 0 Å². The molecule has 7 heteroatoms. The summed E-state index contributed by atoms with van der Waals surface area (Å²) in [7, 11) is 1.54. The van der Waals surface area contributed by atoms with Crippen molar-refractivity contribution < 1.29 is 9.72 Å². The summed E-state index contributed by atoms with van der Waals surface area (Å²) in [5, 5.41) is 10.5. The van der Waals surface area contributed by atoms with E-state index >= 15 is 0 Å². The first-order chi connectivity index (χ1) is 7.97. The van der Waals surface area contributed by atoms with Gasteiger partial charge in [0.15, 0.2) is 0 Å². The molecule has 6 nitrogen and oxygen atoms in total. The molecule has 0 saturated heterocycles. The van der Waals surface area contributed by atoms with E-state index in [1.165, 1.54) is 11.0 Å². The van der Waals surface area contributed by atoms with E-state index in [-0.39, 0.29) is 16.4 Å². The lowest BCUT2D eigenvalue weighted by atomic mass is 10.2. The molecule has 0 aliphatic heterocycles. The third-order valence-corrected chi connectivity index (χ3v) is 2.32. The van der Waals surface area contributed by atoms with E-state index in [2.05, 4.69) is 11.6 Å². The van der Waals surface area contributed by atoms with Gasteiger partial charge in [0.2, 0.25) is 0 Å². The van der Waals surface area contributed by atoms with E-state index in [0.29, 0.717) is 6.54 Å². The number of hydrogen-bond acceptors (Lipinski definition) is 4. The quantitative estimate of drug-likeness (QED) is 0.356. The Morgan fingerprint density at radius 3 is 2.94 bits per heavy atom. The monoisotopic (exact) mass is 255 g/mol. The fourth-order valence-corrected chi connectivity index (χ4v) is 1.35. The normalized spacial score (nSPS) is 9.76. The third-order valence-electron chi connectivity index (χ3n) is 2.02. The zero-order valence-corrected chi connectivity index (χ0v) is 9.85. The number of nitrogens with zero attached hydrogens (tertiary/aromatic N) is 3. The number of aromatic nitrogens is 1. The lowest BCUT2D eigenvalue weighted by Gasteiger charge is -2.14. The molecule has 0 atom stereocenters. The highest BCUT2D eigenvalue weighted by atomic mass is 35.5. The van der Waals surface area contributed by atoms with Gasteiger partial charge in [-0.1, -0.05) is 17.7 Å². The Balaban J connectivity index is 3.11. The van der Waals surface area contributed by atoms with Gasteiger partial charge in [-0.25, -0.2) is 4.98 Å². The Labute approximate surface area is 103 Å². The molecule has 0 spiro atoms. The van der Waals surface area contributed by atoms with Crippen LogP contribution in [0.3, 0.4) is 0 Å². The zero-order valence-electron chi connectivity index (χ0n) is 9.09. The van der Waals surface area contributed by atoms with Gasteiger partial charge < -0.3 is 4.90 Å². The number of pyridine rings is 1. The van der Waals surface area contributed by atoms with Crippen LogP contribution in [-0.4, -0.2) is 34.3 Å². The van der Waals surface area contributed by atoms with Gasteiger partial charge in [-0.05, 0) is 0 Å². The smallest absolute Gasteiger partial charge is 0.288 e. The van der Waals surface area contributed by atoms with Gasteiger partial charge in [-0.2, -0.15) is 0 Å². The van der Waals surface area contributed by atoms with E-state index in [9.17, 15) is 14.9 Å². The van der Waals surface area contributed by atoms with Crippen molar-refractivity contribution in [2.24, 2.45) is 0 Å². The number of hydrogen-bond donors (Lipinski definition) is 0. The molecule has 1 aromatic rings. The number of carbonyl (C=O) groups excluding carboxylic acids is 1. The van der Waals surface area contributed by atoms with E-state index in [4.69, 9.17) is 11.6 Å². The van der Waals surface area contributed by atoms with Gasteiger partial charge in [0.1, 0.15) is 11.3 Å². The first kappa shape index (κ1) is 13.1. The maximum absolute atomic E-state index is 11.9. The molecular formula is C10H10ClN3O3. The summed E-state index contributed by atoms with van der Waals surface area (Å²) in [6.07, 6.45) is 2.54. The van der Waals surface area contributed by atoms with Crippen LogP contribution in [0, 0.1) is 10.1 Å². The number of rotatable bonds is 4. The summed E-state index contributed by atoms with van der Waals surface area (Å²) in [5.74, 6) is -0.439. The molecule has 1 rings (SSSR count). The van der Waals surface area contributed by atoms with Crippen LogP contribution in [0.5, 0.6) is 0 Å². The number of amides is 1. The van der Waals surface area contributed by atoms with E-state index in [1.54, 1.807) is 7.05 Å². The molecular weight excluding hydrogens is 246 g/mol. The highest BCUT2D eigenvalue weighted by molar-refractivity contribution is 6.32. The molecule has 0 aromatic carbocycles. The minimum Gasteiger partial charge on any atom is -0.338 e. The Hall–Kier alpha value is -1.95. The molecule has 1 heterocycles.